The monoisotopic (exact) mass is 395 g/mol. The molecule has 0 radical (unpaired) electrons. The molecule has 0 aliphatic heterocycles. The molecule has 1 aromatic rings. The fourth-order valence-corrected chi connectivity index (χ4v) is 2.92. The number of fused-ring (bicyclic) bond motifs is 1. The van der Waals surface area contributed by atoms with E-state index >= 15 is 0 Å². The predicted molar refractivity (Wildman–Crippen MR) is 94.1 cm³/mol. The van der Waals surface area contributed by atoms with Crippen LogP contribution in [0, 0.1) is 0 Å². The summed E-state index contributed by atoms with van der Waals surface area (Å²) in [6.07, 6.45) is 6.25. The maximum absolute atomic E-state index is 10.5. The molecule has 0 aromatic heterocycles. The van der Waals surface area contributed by atoms with Crippen LogP contribution in [0.4, 0.5) is 0 Å². The van der Waals surface area contributed by atoms with E-state index in [1.807, 2.05) is 0 Å². The molecule has 1 aromatic carbocycles. The molecule has 2 rings (SSSR count). The number of benzene rings is 1. The summed E-state index contributed by atoms with van der Waals surface area (Å²) >= 11 is -0.276. The van der Waals surface area contributed by atoms with Gasteiger partial charge in [0.15, 0.2) is 0 Å². The zero-order valence-corrected chi connectivity index (χ0v) is 17.4. The molecule has 0 saturated heterocycles. The van der Waals surface area contributed by atoms with Crippen LogP contribution in [0.3, 0.4) is 0 Å². The summed E-state index contributed by atoms with van der Waals surface area (Å²) in [5, 5.41) is 10.5. The van der Waals surface area contributed by atoms with Gasteiger partial charge in [-0.1, -0.05) is 50.3 Å². The molecule has 3 nitrogen and oxygen atoms in total. The van der Waals surface area contributed by atoms with Crippen LogP contribution in [0.2, 0.25) is 4.63 Å². The van der Waals surface area contributed by atoms with E-state index in [1.165, 1.54) is 11.1 Å². The van der Waals surface area contributed by atoms with Crippen molar-refractivity contribution in [1.29, 1.82) is 0 Å². The Labute approximate surface area is 153 Å². The molecule has 1 aliphatic rings. The molecule has 4 heteroatoms. The average molecular weight is 397 g/mol. The van der Waals surface area contributed by atoms with Gasteiger partial charge in [0.05, 0.1) is 6.10 Å². The first-order valence-electron chi connectivity index (χ1n) is 8.55. The molecule has 0 heterocycles. The van der Waals surface area contributed by atoms with Crippen molar-refractivity contribution in [2.75, 3.05) is 26.7 Å². The third-order valence-corrected chi connectivity index (χ3v) is 4.99. The van der Waals surface area contributed by atoms with Gasteiger partial charge in [0.1, 0.15) is 0 Å². The normalized spacial score (nSPS) is 16.7. The minimum absolute atomic E-state index is 0.160. The van der Waals surface area contributed by atoms with E-state index in [2.05, 4.69) is 59.8 Å². The molecule has 0 spiro atoms. The second-order valence-electron chi connectivity index (χ2n) is 5.79. The van der Waals surface area contributed by atoms with Gasteiger partial charge in [-0.2, -0.15) is 0 Å². The molecule has 128 valence electrons. The van der Waals surface area contributed by atoms with E-state index in [-0.39, 0.29) is 35.7 Å². The van der Waals surface area contributed by atoms with Gasteiger partial charge < -0.3 is 10.0 Å². The SMILES string of the molecule is CCCN(CCC)CC(O)C1C=Cc2ccccc21.C[O][Zr][CH3]. The third-order valence-electron chi connectivity index (χ3n) is 3.98. The number of hydrogen-bond acceptors (Lipinski definition) is 3. The number of hydrogen-bond donors (Lipinski definition) is 1. The van der Waals surface area contributed by atoms with Crippen molar-refractivity contribution in [2.24, 2.45) is 0 Å². The Balaban J connectivity index is 0.000000593. The van der Waals surface area contributed by atoms with Crippen molar-refractivity contribution in [2.45, 2.75) is 43.3 Å². The molecule has 1 aliphatic carbocycles. The molecule has 0 saturated carbocycles. The van der Waals surface area contributed by atoms with Gasteiger partial charge in [0.2, 0.25) is 0 Å². The zero-order valence-electron chi connectivity index (χ0n) is 15.0. The third kappa shape index (κ3) is 7.01. The van der Waals surface area contributed by atoms with E-state index in [1.54, 1.807) is 7.11 Å². The van der Waals surface area contributed by atoms with Gasteiger partial charge in [-0.05, 0) is 37.1 Å². The number of nitrogens with zero attached hydrogens (tertiary/aromatic N) is 1. The molecule has 0 bridgehead atoms. The summed E-state index contributed by atoms with van der Waals surface area (Å²) in [7, 11) is 1.76. The zero-order chi connectivity index (χ0) is 17.1. The van der Waals surface area contributed by atoms with Gasteiger partial charge in [-0.3, -0.25) is 0 Å². The van der Waals surface area contributed by atoms with Crippen molar-refractivity contribution in [1.82, 2.24) is 4.90 Å². The fourth-order valence-electron chi connectivity index (χ4n) is 2.92. The molecular formula is C19H31NO2Zr. The summed E-state index contributed by atoms with van der Waals surface area (Å²) in [5.74, 6) is 0.160. The van der Waals surface area contributed by atoms with Crippen LogP contribution in [-0.4, -0.2) is 42.9 Å². The van der Waals surface area contributed by atoms with Gasteiger partial charge in [0, 0.05) is 12.5 Å². The van der Waals surface area contributed by atoms with Gasteiger partial charge in [0.25, 0.3) is 0 Å². The van der Waals surface area contributed by atoms with E-state index in [4.69, 9.17) is 2.81 Å². The average Bonchev–Trinajstić information content (AvgIpc) is 2.99. The molecule has 2 atom stereocenters. The molecule has 1 N–H and O–H groups in total. The number of rotatable bonds is 8. The Morgan fingerprint density at radius 3 is 2.39 bits per heavy atom. The van der Waals surface area contributed by atoms with Crippen LogP contribution in [0.1, 0.15) is 43.7 Å². The summed E-state index contributed by atoms with van der Waals surface area (Å²) in [4.78, 5) is 2.37. The first-order chi connectivity index (χ1) is 11.2. The Morgan fingerprint density at radius 2 is 1.83 bits per heavy atom. The first-order valence-corrected chi connectivity index (χ1v) is 12.0. The van der Waals surface area contributed by atoms with E-state index in [0.29, 0.717) is 0 Å². The Kier molecular flexibility index (Phi) is 11.0. The summed E-state index contributed by atoms with van der Waals surface area (Å²) < 4.78 is 6.84. The van der Waals surface area contributed by atoms with Crippen LogP contribution in [0.5, 0.6) is 0 Å². The van der Waals surface area contributed by atoms with Crippen molar-refractivity contribution in [3.8, 4) is 0 Å². The fraction of sp³-hybridized carbons (Fsp3) is 0.579. The predicted octanol–water partition coefficient (Wildman–Crippen LogP) is 3.96. The second-order valence-corrected chi connectivity index (χ2v) is 7.80. The van der Waals surface area contributed by atoms with Crippen molar-refractivity contribution in [3.63, 3.8) is 0 Å². The molecule has 23 heavy (non-hydrogen) atoms. The topological polar surface area (TPSA) is 32.7 Å². The number of aliphatic hydroxyl groups excluding tert-OH is 1. The van der Waals surface area contributed by atoms with Crippen molar-refractivity contribution in [3.05, 3.63) is 41.5 Å². The quantitative estimate of drug-likeness (QED) is 0.722. The van der Waals surface area contributed by atoms with Gasteiger partial charge in [-0.25, -0.2) is 0 Å². The van der Waals surface area contributed by atoms with Gasteiger partial charge in [-0.15, -0.1) is 0 Å². The van der Waals surface area contributed by atoms with Crippen molar-refractivity contribution < 1.29 is 31.6 Å². The summed E-state index contributed by atoms with van der Waals surface area (Å²) in [5.41, 5.74) is 2.52. The van der Waals surface area contributed by atoms with Gasteiger partial charge >= 0.3 is 38.2 Å². The van der Waals surface area contributed by atoms with E-state index in [0.717, 1.165) is 32.5 Å². The Morgan fingerprint density at radius 1 is 1.22 bits per heavy atom. The molecular weight excluding hydrogens is 365 g/mol. The Hall–Kier alpha value is -0.277. The first kappa shape index (κ1) is 20.8. The second kappa shape index (κ2) is 12.1. The molecule has 0 amide bonds. The molecule has 0 fully saturated rings. The number of aliphatic hydroxyl groups is 1. The minimum atomic E-state index is -0.307. The van der Waals surface area contributed by atoms with Crippen molar-refractivity contribution >= 4 is 6.08 Å². The van der Waals surface area contributed by atoms with E-state index in [9.17, 15) is 5.11 Å². The van der Waals surface area contributed by atoms with E-state index < -0.39 is 0 Å². The summed E-state index contributed by atoms with van der Waals surface area (Å²) in [6, 6.07) is 8.36. The van der Waals surface area contributed by atoms with Crippen LogP contribution >= 0.6 is 0 Å². The Bertz CT molecular complexity index is 456. The standard InChI is InChI=1S/C17H25NO.CH3O.CH3.Zr/c1-3-11-18(12-4-2)13-17(19)16-10-9-14-7-5-6-8-15(14)16;1-2;;/h5-10,16-17,19H,3-4,11-13H2,1-2H3;1H3;1H3;/q;-1;;+1. The van der Waals surface area contributed by atoms with Crippen LogP contribution in [0.15, 0.2) is 30.3 Å². The van der Waals surface area contributed by atoms with Crippen LogP contribution in [0.25, 0.3) is 6.08 Å². The maximum atomic E-state index is 10.5. The van der Waals surface area contributed by atoms with Crippen LogP contribution in [-0.2, 0) is 26.5 Å². The molecule has 2 unspecified atom stereocenters. The van der Waals surface area contributed by atoms with Crippen LogP contribution < -0.4 is 0 Å². The summed E-state index contributed by atoms with van der Waals surface area (Å²) in [6.45, 7) is 7.30.